The Kier molecular flexibility index (Phi) is 6.80. The molecule has 0 saturated heterocycles. The first-order valence-electron chi connectivity index (χ1n) is 15.1. The Morgan fingerprint density at radius 1 is 0.488 bits per heavy atom. The lowest BCUT2D eigenvalue weighted by Gasteiger charge is -2.25. The third-order valence-corrected chi connectivity index (χ3v) is 8.11. The van der Waals surface area contributed by atoms with Crippen LogP contribution in [0.15, 0.2) is 89.3 Å². The minimum Gasteiger partial charge on any atom is -0.455 e. The van der Waals surface area contributed by atoms with E-state index in [0.29, 0.717) is 17.5 Å². The van der Waals surface area contributed by atoms with Crippen LogP contribution < -0.4 is 0 Å². The van der Waals surface area contributed by atoms with E-state index in [9.17, 15) is 0 Å². The van der Waals surface area contributed by atoms with Crippen LogP contribution in [0.1, 0.15) is 79.0 Å². The summed E-state index contributed by atoms with van der Waals surface area (Å²) in [5.74, 6) is 1.95. The molecule has 0 aliphatic carbocycles. The fourth-order valence-corrected chi connectivity index (χ4v) is 5.79. The minimum atomic E-state index is -0.246. The molecule has 4 nitrogen and oxygen atoms in total. The molecule has 0 spiro atoms. The zero-order valence-electron chi connectivity index (χ0n) is 26.8. The SMILES string of the molecule is CC(C)(C)c1cc(C(C)(C)C)c2oc3c(C(C)(C)C)c(-c4nc(-c5ccccc5)nc(-c5ccccc5)n4)ccc3c2c1. The molecular formula is C39H41N3O. The van der Waals surface area contributed by atoms with Gasteiger partial charge in [0.25, 0.3) is 0 Å². The standard InChI is InChI=1S/C39H41N3O/c1-37(2,3)26-22-29-27-20-21-28(31(39(7,8)9)33(27)43-32(29)30(23-26)38(4,5)6)36-41-34(24-16-12-10-13-17-24)40-35(42-36)25-18-14-11-15-19-25/h10-23H,1-9H3. The molecule has 4 heteroatoms. The number of rotatable bonds is 3. The smallest absolute Gasteiger partial charge is 0.164 e. The molecule has 0 bridgehead atoms. The number of aromatic nitrogens is 3. The highest BCUT2D eigenvalue weighted by Gasteiger charge is 2.30. The van der Waals surface area contributed by atoms with Gasteiger partial charge in [0.2, 0.25) is 0 Å². The maximum Gasteiger partial charge on any atom is 0.164 e. The molecule has 0 N–H and O–H groups in total. The average molecular weight is 568 g/mol. The van der Waals surface area contributed by atoms with Crippen molar-refractivity contribution in [3.63, 3.8) is 0 Å². The normalized spacial score (nSPS) is 12.8. The van der Waals surface area contributed by atoms with Crippen molar-refractivity contribution < 1.29 is 4.42 Å². The van der Waals surface area contributed by atoms with Gasteiger partial charge in [0.1, 0.15) is 11.2 Å². The first-order valence-corrected chi connectivity index (χ1v) is 15.1. The number of hydrogen-bond acceptors (Lipinski definition) is 4. The van der Waals surface area contributed by atoms with E-state index in [1.807, 2.05) is 60.7 Å². The summed E-state index contributed by atoms with van der Waals surface area (Å²) < 4.78 is 6.96. The van der Waals surface area contributed by atoms with Gasteiger partial charge in [-0.1, -0.05) is 129 Å². The zero-order valence-corrected chi connectivity index (χ0v) is 26.8. The van der Waals surface area contributed by atoms with Crippen LogP contribution in [0, 0.1) is 0 Å². The number of fused-ring (bicyclic) bond motifs is 3. The second-order valence-electron chi connectivity index (χ2n) is 14.7. The number of hydrogen-bond donors (Lipinski definition) is 0. The van der Waals surface area contributed by atoms with Crippen molar-refractivity contribution >= 4 is 21.9 Å². The molecule has 4 aromatic carbocycles. The molecule has 218 valence electrons. The first kappa shape index (κ1) is 28.8. The summed E-state index contributed by atoms with van der Waals surface area (Å²) in [4.78, 5) is 15.1. The van der Waals surface area contributed by atoms with E-state index < -0.39 is 0 Å². The van der Waals surface area contributed by atoms with Gasteiger partial charge < -0.3 is 4.42 Å². The summed E-state index contributed by atoms with van der Waals surface area (Å²) in [6.07, 6.45) is 0. The van der Waals surface area contributed by atoms with Gasteiger partial charge >= 0.3 is 0 Å². The minimum absolute atomic E-state index is 0.0110. The Morgan fingerprint density at radius 3 is 1.51 bits per heavy atom. The van der Waals surface area contributed by atoms with Crippen molar-refractivity contribution in [2.24, 2.45) is 0 Å². The molecule has 0 unspecified atom stereocenters. The lowest BCUT2D eigenvalue weighted by Crippen LogP contribution is -2.16. The highest BCUT2D eigenvalue weighted by atomic mass is 16.3. The van der Waals surface area contributed by atoms with Crippen LogP contribution in [0.4, 0.5) is 0 Å². The van der Waals surface area contributed by atoms with Crippen LogP contribution >= 0.6 is 0 Å². The molecule has 43 heavy (non-hydrogen) atoms. The molecule has 0 radical (unpaired) electrons. The molecule has 0 aliphatic rings. The van der Waals surface area contributed by atoms with Crippen LogP contribution in [-0.4, -0.2) is 15.0 Å². The molecule has 0 atom stereocenters. The van der Waals surface area contributed by atoms with Gasteiger partial charge in [-0.05, 0) is 40.0 Å². The van der Waals surface area contributed by atoms with Gasteiger partial charge in [-0.15, -0.1) is 0 Å². The molecule has 0 saturated carbocycles. The third-order valence-electron chi connectivity index (χ3n) is 8.11. The number of benzene rings is 4. The Morgan fingerprint density at radius 2 is 1.02 bits per heavy atom. The fourth-order valence-electron chi connectivity index (χ4n) is 5.79. The van der Waals surface area contributed by atoms with Crippen LogP contribution in [0.2, 0.25) is 0 Å². The maximum absolute atomic E-state index is 6.96. The van der Waals surface area contributed by atoms with Crippen molar-refractivity contribution in [3.8, 4) is 34.2 Å². The summed E-state index contributed by atoms with van der Waals surface area (Å²) in [6.45, 7) is 20.3. The highest BCUT2D eigenvalue weighted by molar-refractivity contribution is 6.09. The summed E-state index contributed by atoms with van der Waals surface area (Å²) in [7, 11) is 0. The second kappa shape index (κ2) is 10.2. The third kappa shape index (κ3) is 5.35. The molecule has 2 heterocycles. The van der Waals surface area contributed by atoms with Gasteiger partial charge in [-0.25, -0.2) is 15.0 Å². The van der Waals surface area contributed by atoms with E-state index in [-0.39, 0.29) is 16.2 Å². The fraction of sp³-hybridized carbons (Fsp3) is 0.308. The van der Waals surface area contributed by atoms with Crippen molar-refractivity contribution in [3.05, 3.63) is 102 Å². The monoisotopic (exact) mass is 567 g/mol. The average Bonchev–Trinajstić information content (AvgIpc) is 3.33. The molecular weight excluding hydrogens is 526 g/mol. The summed E-state index contributed by atoms with van der Waals surface area (Å²) >= 11 is 0. The van der Waals surface area contributed by atoms with E-state index in [0.717, 1.165) is 44.2 Å². The number of furan rings is 1. The van der Waals surface area contributed by atoms with E-state index in [2.05, 4.69) is 86.6 Å². The Labute approximate surface area is 255 Å². The van der Waals surface area contributed by atoms with Gasteiger partial charge in [0, 0.05) is 38.6 Å². The predicted octanol–water partition coefficient (Wildman–Crippen LogP) is 10.7. The number of nitrogens with zero attached hydrogens (tertiary/aromatic N) is 3. The van der Waals surface area contributed by atoms with Crippen molar-refractivity contribution in [2.75, 3.05) is 0 Å². The van der Waals surface area contributed by atoms with E-state index in [1.54, 1.807) is 0 Å². The second-order valence-corrected chi connectivity index (χ2v) is 14.7. The van der Waals surface area contributed by atoms with Gasteiger partial charge in [0.05, 0.1) is 0 Å². The van der Waals surface area contributed by atoms with Crippen LogP contribution in [0.25, 0.3) is 56.1 Å². The molecule has 0 aliphatic heterocycles. The molecule has 2 aromatic heterocycles. The van der Waals surface area contributed by atoms with Gasteiger partial charge in [0.15, 0.2) is 17.5 Å². The van der Waals surface area contributed by atoms with Crippen LogP contribution in [-0.2, 0) is 16.2 Å². The van der Waals surface area contributed by atoms with Gasteiger partial charge in [-0.2, -0.15) is 0 Å². The lowest BCUT2D eigenvalue weighted by molar-refractivity contribution is 0.551. The Bertz CT molecular complexity index is 1890. The van der Waals surface area contributed by atoms with Crippen molar-refractivity contribution in [1.82, 2.24) is 15.0 Å². The Balaban J connectivity index is 1.69. The van der Waals surface area contributed by atoms with Crippen LogP contribution in [0.3, 0.4) is 0 Å². The summed E-state index contributed by atoms with van der Waals surface area (Å²) in [5.41, 5.74) is 8.06. The van der Waals surface area contributed by atoms with E-state index in [4.69, 9.17) is 19.4 Å². The predicted molar refractivity (Wildman–Crippen MR) is 180 cm³/mol. The summed E-state index contributed by atoms with van der Waals surface area (Å²) in [6, 6.07) is 29.3. The van der Waals surface area contributed by atoms with Crippen LogP contribution in [0.5, 0.6) is 0 Å². The van der Waals surface area contributed by atoms with E-state index >= 15 is 0 Å². The van der Waals surface area contributed by atoms with E-state index in [1.165, 1.54) is 11.1 Å². The van der Waals surface area contributed by atoms with Crippen molar-refractivity contribution in [1.29, 1.82) is 0 Å². The maximum atomic E-state index is 6.96. The molecule has 0 fully saturated rings. The molecule has 6 aromatic rings. The zero-order chi connectivity index (χ0) is 30.7. The highest BCUT2D eigenvalue weighted by Crippen LogP contribution is 2.45. The Hall–Kier alpha value is -4.31. The largest absolute Gasteiger partial charge is 0.455 e. The molecule has 0 amide bonds. The lowest BCUT2D eigenvalue weighted by atomic mass is 9.79. The quantitative estimate of drug-likeness (QED) is 0.213. The van der Waals surface area contributed by atoms with Crippen molar-refractivity contribution in [2.45, 2.75) is 78.6 Å². The van der Waals surface area contributed by atoms with Gasteiger partial charge in [-0.3, -0.25) is 0 Å². The molecule has 6 rings (SSSR count). The topological polar surface area (TPSA) is 51.8 Å². The first-order chi connectivity index (χ1) is 20.2. The summed E-state index contributed by atoms with van der Waals surface area (Å²) in [5, 5.41) is 2.29.